The lowest BCUT2D eigenvalue weighted by molar-refractivity contribution is 0.784. The van der Waals surface area contributed by atoms with Gasteiger partial charge in [-0.05, 0) is 58.0 Å². The Labute approximate surface area is 122 Å². The topological polar surface area (TPSA) is 28.2 Å². The molecule has 0 spiro atoms. The van der Waals surface area contributed by atoms with Crippen LogP contribution in [0.25, 0.3) is 10.9 Å². The van der Waals surface area contributed by atoms with Gasteiger partial charge in [-0.25, -0.2) is 0 Å². The maximum atomic E-state index is 4.86. The van der Waals surface area contributed by atoms with E-state index in [0.717, 1.165) is 24.2 Å². The third-order valence-corrected chi connectivity index (χ3v) is 3.77. The molecule has 2 rings (SSSR count). The fourth-order valence-electron chi connectivity index (χ4n) is 2.92. The number of aryl methyl sites for hydroxylation is 3. The third-order valence-electron chi connectivity index (χ3n) is 3.77. The summed E-state index contributed by atoms with van der Waals surface area (Å²) in [5, 5.41) is 4.50. The number of anilines is 1. The first-order valence-corrected chi connectivity index (χ1v) is 7.18. The van der Waals surface area contributed by atoms with Crippen molar-refractivity contribution >= 4 is 16.6 Å². The number of benzene rings is 1. The highest BCUT2D eigenvalue weighted by atomic mass is 15.1. The van der Waals surface area contributed by atoms with Crippen molar-refractivity contribution < 1.29 is 0 Å². The minimum atomic E-state index is 0.972. The summed E-state index contributed by atoms with van der Waals surface area (Å²) in [6.07, 6.45) is 1.01. The van der Waals surface area contributed by atoms with Gasteiger partial charge in [0.1, 0.15) is 0 Å². The molecular formula is C17H25N3. The Morgan fingerprint density at radius 3 is 2.45 bits per heavy atom. The minimum Gasteiger partial charge on any atom is -0.377 e. The number of nitrogens with one attached hydrogen (secondary N) is 1. The molecule has 0 saturated heterocycles. The summed E-state index contributed by atoms with van der Waals surface area (Å²) in [5.74, 6) is 0. The number of aromatic nitrogens is 1. The molecule has 0 bridgehead atoms. The fraction of sp³-hybridized carbons (Fsp3) is 0.471. The molecule has 0 fully saturated rings. The van der Waals surface area contributed by atoms with Crippen molar-refractivity contribution in [3.8, 4) is 0 Å². The highest BCUT2D eigenvalue weighted by Crippen LogP contribution is 2.33. The van der Waals surface area contributed by atoms with Crippen molar-refractivity contribution in [2.45, 2.75) is 27.2 Å². The zero-order chi connectivity index (χ0) is 14.9. The molecule has 1 aromatic heterocycles. The van der Waals surface area contributed by atoms with Crippen LogP contribution in [0.4, 0.5) is 5.69 Å². The van der Waals surface area contributed by atoms with E-state index < -0.39 is 0 Å². The predicted molar refractivity (Wildman–Crippen MR) is 87.9 cm³/mol. The van der Waals surface area contributed by atoms with Gasteiger partial charge < -0.3 is 10.2 Å². The molecule has 3 heteroatoms. The molecule has 0 aliphatic carbocycles. The van der Waals surface area contributed by atoms with E-state index in [2.05, 4.69) is 57.2 Å². The van der Waals surface area contributed by atoms with E-state index in [4.69, 9.17) is 4.98 Å². The van der Waals surface area contributed by atoms with Crippen molar-refractivity contribution in [1.29, 1.82) is 0 Å². The zero-order valence-electron chi connectivity index (χ0n) is 13.5. The monoisotopic (exact) mass is 271 g/mol. The van der Waals surface area contributed by atoms with Crippen molar-refractivity contribution in [1.82, 2.24) is 10.3 Å². The van der Waals surface area contributed by atoms with E-state index in [1.807, 2.05) is 7.05 Å². The summed E-state index contributed by atoms with van der Waals surface area (Å²) in [4.78, 5) is 7.08. The summed E-state index contributed by atoms with van der Waals surface area (Å²) < 4.78 is 0. The summed E-state index contributed by atoms with van der Waals surface area (Å²) in [6, 6.07) is 4.47. The van der Waals surface area contributed by atoms with Gasteiger partial charge in [-0.15, -0.1) is 0 Å². The van der Waals surface area contributed by atoms with E-state index in [9.17, 15) is 0 Å². The van der Waals surface area contributed by atoms with E-state index in [-0.39, 0.29) is 0 Å². The minimum absolute atomic E-state index is 0.972. The molecule has 0 aliphatic heterocycles. The van der Waals surface area contributed by atoms with Crippen LogP contribution in [0.15, 0.2) is 12.1 Å². The van der Waals surface area contributed by atoms with Crippen LogP contribution in [-0.2, 0) is 6.42 Å². The molecule has 0 atom stereocenters. The second-order valence-electron chi connectivity index (χ2n) is 5.75. The fourth-order valence-corrected chi connectivity index (χ4v) is 2.92. The number of rotatable bonds is 4. The zero-order valence-corrected chi connectivity index (χ0v) is 13.5. The molecule has 3 nitrogen and oxygen atoms in total. The largest absolute Gasteiger partial charge is 0.377 e. The van der Waals surface area contributed by atoms with Crippen LogP contribution in [-0.4, -0.2) is 32.7 Å². The number of pyridine rings is 1. The number of hydrogen-bond acceptors (Lipinski definition) is 3. The van der Waals surface area contributed by atoms with Crippen molar-refractivity contribution in [2.75, 3.05) is 32.6 Å². The second-order valence-corrected chi connectivity index (χ2v) is 5.75. The average molecular weight is 271 g/mol. The lowest BCUT2D eigenvalue weighted by Crippen LogP contribution is -2.18. The lowest BCUT2D eigenvalue weighted by atomic mass is 9.99. The van der Waals surface area contributed by atoms with Crippen LogP contribution >= 0.6 is 0 Å². The van der Waals surface area contributed by atoms with Gasteiger partial charge in [-0.1, -0.05) is 11.6 Å². The van der Waals surface area contributed by atoms with E-state index in [1.54, 1.807) is 0 Å². The van der Waals surface area contributed by atoms with Gasteiger partial charge >= 0.3 is 0 Å². The summed E-state index contributed by atoms with van der Waals surface area (Å²) in [7, 11) is 6.23. The van der Waals surface area contributed by atoms with Crippen LogP contribution < -0.4 is 10.2 Å². The molecule has 0 aliphatic rings. The van der Waals surface area contributed by atoms with Gasteiger partial charge in [0.2, 0.25) is 0 Å². The maximum absolute atomic E-state index is 4.86. The van der Waals surface area contributed by atoms with Crippen LogP contribution in [0, 0.1) is 20.8 Å². The van der Waals surface area contributed by atoms with Crippen LogP contribution in [0.1, 0.15) is 22.4 Å². The molecule has 0 saturated carbocycles. The Balaban J connectivity index is 2.79. The van der Waals surface area contributed by atoms with Gasteiger partial charge in [0.25, 0.3) is 0 Å². The van der Waals surface area contributed by atoms with E-state index >= 15 is 0 Å². The number of hydrogen-bond donors (Lipinski definition) is 1. The van der Waals surface area contributed by atoms with Gasteiger partial charge in [0, 0.05) is 25.2 Å². The first-order chi connectivity index (χ1) is 9.45. The maximum Gasteiger partial charge on any atom is 0.0755 e. The first kappa shape index (κ1) is 14.8. The highest BCUT2D eigenvalue weighted by Gasteiger charge is 2.15. The normalized spacial score (nSPS) is 11.1. The molecule has 1 N–H and O–H groups in total. The molecule has 0 radical (unpaired) electrons. The molecule has 0 amide bonds. The molecule has 20 heavy (non-hydrogen) atoms. The summed E-state index contributed by atoms with van der Waals surface area (Å²) in [6.45, 7) is 7.39. The quantitative estimate of drug-likeness (QED) is 0.926. The summed E-state index contributed by atoms with van der Waals surface area (Å²) in [5.41, 5.74) is 7.49. The van der Waals surface area contributed by atoms with Gasteiger partial charge in [0.15, 0.2) is 0 Å². The molecule has 108 valence electrons. The van der Waals surface area contributed by atoms with Crippen molar-refractivity contribution in [2.24, 2.45) is 0 Å². The Bertz CT molecular complexity index is 630. The van der Waals surface area contributed by atoms with Gasteiger partial charge in [-0.2, -0.15) is 0 Å². The number of nitrogens with zero attached hydrogens (tertiary/aromatic N) is 2. The van der Waals surface area contributed by atoms with Gasteiger partial charge in [-0.3, -0.25) is 4.98 Å². The first-order valence-electron chi connectivity index (χ1n) is 7.18. The summed E-state index contributed by atoms with van der Waals surface area (Å²) >= 11 is 0. The Morgan fingerprint density at radius 2 is 1.85 bits per heavy atom. The van der Waals surface area contributed by atoms with E-state index in [0.29, 0.717) is 0 Å². The molecule has 0 unspecified atom stereocenters. The third kappa shape index (κ3) is 2.63. The van der Waals surface area contributed by atoms with E-state index in [1.165, 1.54) is 27.8 Å². The van der Waals surface area contributed by atoms with Crippen molar-refractivity contribution in [3.63, 3.8) is 0 Å². The average Bonchev–Trinajstić information content (AvgIpc) is 2.36. The molecular weight excluding hydrogens is 246 g/mol. The second kappa shape index (κ2) is 5.80. The predicted octanol–water partition coefficient (Wildman–Crippen LogP) is 2.99. The molecule has 1 aromatic carbocycles. The number of fused-ring (bicyclic) bond motifs is 1. The molecule has 2 aromatic rings. The Kier molecular flexibility index (Phi) is 4.29. The lowest BCUT2D eigenvalue weighted by Gasteiger charge is -2.22. The SMILES string of the molecule is CNCCc1c(C)nc2c(C)cc(C)cc2c1N(C)C. The van der Waals surface area contributed by atoms with Crippen LogP contribution in [0.3, 0.4) is 0 Å². The molecule has 1 heterocycles. The van der Waals surface area contributed by atoms with Crippen molar-refractivity contribution in [3.05, 3.63) is 34.5 Å². The Morgan fingerprint density at radius 1 is 1.15 bits per heavy atom. The Hall–Kier alpha value is -1.61. The van der Waals surface area contributed by atoms with Crippen LogP contribution in [0.2, 0.25) is 0 Å². The van der Waals surface area contributed by atoms with Gasteiger partial charge in [0.05, 0.1) is 11.2 Å². The standard InChI is InChI=1S/C17H25N3/c1-11-9-12(2)16-15(10-11)17(20(5)6)14(7-8-18-4)13(3)19-16/h9-10,18H,7-8H2,1-6H3. The smallest absolute Gasteiger partial charge is 0.0755 e. The number of likely N-dealkylation sites (N-methyl/N-ethyl adjacent to an activating group) is 1. The highest BCUT2D eigenvalue weighted by molar-refractivity contribution is 5.96. The van der Waals surface area contributed by atoms with Crippen LogP contribution in [0.5, 0.6) is 0 Å².